The molecular formula is C20H21F3N2O2. The lowest BCUT2D eigenvalue weighted by Crippen LogP contribution is -2.23. The molecule has 1 atom stereocenters. The molecule has 0 saturated heterocycles. The van der Waals surface area contributed by atoms with Crippen molar-refractivity contribution in [1.29, 1.82) is 0 Å². The molecule has 0 aromatic heterocycles. The Kier molecular flexibility index (Phi) is 6.60. The third kappa shape index (κ3) is 5.84. The van der Waals surface area contributed by atoms with Gasteiger partial charge < -0.3 is 10.6 Å². The maximum atomic E-state index is 12.6. The van der Waals surface area contributed by atoms with E-state index in [1.807, 2.05) is 13.8 Å². The molecule has 0 radical (unpaired) electrons. The molecule has 7 heteroatoms. The molecular weight excluding hydrogens is 357 g/mol. The fourth-order valence-corrected chi connectivity index (χ4v) is 2.30. The van der Waals surface area contributed by atoms with Crippen molar-refractivity contribution in [2.24, 2.45) is 5.92 Å². The standard InChI is InChI=1S/C20H21F3N2O2/c1-3-13(2)18(26)25-17-6-4-5-14(11-17)12-24-19(27)15-7-9-16(10-8-15)20(21,22)23/h4-11,13H,3,12H2,1-2H3,(H,24,27)(H,25,26). The second-order valence-corrected chi connectivity index (χ2v) is 6.26. The van der Waals surface area contributed by atoms with Crippen molar-refractivity contribution < 1.29 is 22.8 Å². The van der Waals surface area contributed by atoms with E-state index in [1.54, 1.807) is 24.3 Å². The minimum atomic E-state index is -4.44. The molecule has 0 aliphatic carbocycles. The van der Waals surface area contributed by atoms with E-state index in [2.05, 4.69) is 10.6 Å². The van der Waals surface area contributed by atoms with Crippen LogP contribution in [0, 0.1) is 5.92 Å². The van der Waals surface area contributed by atoms with Crippen molar-refractivity contribution >= 4 is 17.5 Å². The van der Waals surface area contributed by atoms with Crippen molar-refractivity contribution in [2.45, 2.75) is 33.0 Å². The Hall–Kier alpha value is -2.83. The summed E-state index contributed by atoms with van der Waals surface area (Å²) in [5.74, 6) is -0.658. The van der Waals surface area contributed by atoms with Crippen LogP contribution < -0.4 is 10.6 Å². The average molecular weight is 378 g/mol. The lowest BCUT2D eigenvalue weighted by atomic mass is 10.1. The highest BCUT2D eigenvalue weighted by atomic mass is 19.4. The van der Waals surface area contributed by atoms with Crippen molar-refractivity contribution in [2.75, 3.05) is 5.32 Å². The molecule has 144 valence electrons. The lowest BCUT2D eigenvalue weighted by molar-refractivity contribution is -0.137. The van der Waals surface area contributed by atoms with Gasteiger partial charge in [-0.1, -0.05) is 26.0 Å². The van der Waals surface area contributed by atoms with Gasteiger partial charge in [0.05, 0.1) is 5.56 Å². The third-order valence-corrected chi connectivity index (χ3v) is 4.18. The van der Waals surface area contributed by atoms with Gasteiger partial charge in [0, 0.05) is 23.7 Å². The van der Waals surface area contributed by atoms with Crippen molar-refractivity contribution in [1.82, 2.24) is 5.32 Å². The van der Waals surface area contributed by atoms with Gasteiger partial charge in [-0.2, -0.15) is 13.2 Å². The normalized spacial score (nSPS) is 12.3. The molecule has 0 saturated carbocycles. The number of hydrogen-bond donors (Lipinski definition) is 2. The van der Waals surface area contributed by atoms with Crippen LogP contribution in [0.3, 0.4) is 0 Å². The first-order valence-corrected chi connectivity index (χ1v) is 8.56. The first kappa shape index (κ1) is 20.5. The predicted octanol–water partition coefficient (Wildman–Crippen LogP) is 4.62. The summed E-state index contributed by atoms with van der Waals surface area (Å²) in [7, 11) is 0. The van der Waals surface area contributed by atoms with Gasteiger partial charge in [-0.3, -0.25) is 9.59 Å². The fraction of sp³-hybridized carbons (Fsp3) is 0.300. The van der Waals surface area contributed by atoms with E-state index in [1.165, 1.54) is 0 Å². The van der Waals surface area contributed by atoms with Crippen LogP contribution >= 0.6 is 0 Å². The monoisotopic (exact) mass is 378 g/mol. The Morgan fingerprint density at radius 3 is 2.33 bits per heavy atom. The van der Waals surface area contributed by atoms with Crippen LogP contribution in [0.25, 0.3) is 0 Å². The van der Waals surface area contributed by atoms with E-state index in [4.69, 9.17) is 0 Å². The van der Waals surface area contributed by atoms with Crippen LogP contribution in [0.2, 0.25) is 0 Å². The van der Waals surface area contributed by atoms with E-state index in [0.29, 0.717) is 5.69 Å². The third-order valence-electron chi connectivity index (χ3n) is 4.18. The number of hydrogen-bond acceptors (Lipinski definition) is 2. The van der Waals surface area contributed by atoms with Gasteiger partial charge in [-0.15, -0.1) is 0 Å². The largest absolute Gasteiger partial charge is 0.416 e. The maximum Gasteiger partial charge on any atom is 0.416 e. The number of alkyl halides is 3. The van der Waals surface area contributed by atoms with E-state index < -0.39 is 17.6 Å². The summed E-state index contributed by atoms with van der Waals surface area (Å²) < 4.78 is 37.7. The first-order valence-electron chi connectivity index (χ1n) is 8.56. The van der Waals surface area contributed by atoms with E-state index in [9.17, 15) is 22.8 Å². The Balaban J connectivity index is 1.97. The van der Waals surface area contributed by atoms with Crippen LogP contribution in [0.5, 0.6) is 0 Å². The number of amides is 2. The van der Waals surface area contributed by atoms with Gasteiger partial charge in [0.2, 0.25) is 5.91 Å². The minimum absolute atomic E-state index is 0.0801. The van der Waals surface area contributed by atoms with Crippen LogP contribution in [-0.4, -0.2) is 11.8 Å². The molecule has 27 heavy (non-hydrogen) atoms. The highest BCUT2D eigenvalue weighted by molar-refractivity contribution is 5.94. The molecule has 0 aliphatic rings. The SMILES string of the molecule is CCC(C)C(=O)Nc1cccc(CNC(=O)c2ccc(C(F)(F)F)cc2)c1. The second-order valence-electron chi connectivity index (χ2n) is 6.26. The summed E-state index contributed by atoms with van der Waals surface area (Å²) in [5.41, 5.74) is 0.729. The first-order chi connectivity index (χ1) is 12.7. The molecule has 0 fully saturated rings. The average Bonchev–Trinajstić information content (AvgIpc) is 2.65. The van der Waals surface area contributed by atoms with Gasteiger partial charge in [-0.05, 0) is 48.4 Å². The summed E-state index contributed by atoms with van der Waals surface area (Å²) >= 11 is 0. The van der Waals surface area contributed by atoms with Crippen LogP contribution in [0.15, 0.2) is 48.5 Å². The number of anilines is 1. The zero-order valence-electron chi connectivity index (χ0n) is 15.1. The quantitative estimate of drug-likeness (QED) is 0.771. The molecule has 1 unspecified atom stereocenters. The van der Waals surface area contributed by atoms with E-state index in [0.717, 1.165) is 36.2 Å². The summed E-state index contributed by atoms with van der Waals surface area (Å²) in [6, 6.07) is 11.1. The van der Waals surface area contributed by atoms with E-state index in [-0.39, 0.29) is 23.9 Å². The van der Waals surface area contributed by atoms with Gasteiger partial charge in [0.25, 0.3) is 5.91 Å². The number of benzene rings is 2. The molecule has 2 rings (SSSR count). The number of carbonyl (C=O) groups is 2. The number of carbonyl (C=O) groups excluding carboxylic acids is 2. The molecule has 2 aromatic carbocycles. The van der Waals surface area contributed by atoms with Crippen LogP contribution in [0.1, 0.15) is 41.8 Å². The number of nitrogens with one attached hydrogen (secondary N) is 2. The molecule has 2 aromatic rings. The predicted molar refractivity (Wildman–Crippen MR) is 97.1 cm³/mol. The van der Waals surface area contributed by atoms with Crippen molar-refractivity contribution in [3.05, 3.63) is 65.2 Å². The highest BCUT2D eigenvalue weighted by Crippen LogP contribution is 2.29. The molecule has 2 N–H and O–H groups in total. The van der Waals surface area contributed by atoms with Crippen LogP contribution in [0.4, 0.5) is 18.9 Å². The Labute approximate surface area is 155 Å². The summed E-state index contributed by atoms with van der Waals surface area (Å²) in [6.07, 6.45) is -3.70. The van der Waals surface area contributed by atoms with Gasteiger partial charge in [0.15, 0.2) is 0 Å². The van der Waals surface area contributed by atoms with E-state index >= 15 is 0 Å². The molecule has 0 spiro atoms. The van der Waals surface area contributed by atoms with Crippen molar-refractivity contribution in [3.8, 4) is 0 Å². The molecule has 4 nitrogen and oxygen atoms in total. The topological polar surface area (TPSA) is 58.2 Å². The fourth-order valence-electron chi connectivity index (χ4n) is 2.30. The minimum Gasteiger partial charge on any atom is -0.348 e. The smallest absolute Gasteiger partial charge is 0.348 e. The molecule has 0 heterocycles. The van der Waals surface area contributed by atoms with Gasteiger partial charge in [-0.25, -0.2) is 0 Å². The molecule has 0 bridgehead atoms. The van der Waals surface area contributed by atoms with Crippen molar-refractivity contribution in [3.63, 3.8) is 0 Å². The van der Waals surface area contributed by atoms with Gasteiger partial charge in [0.1, 0.15) is 0 Å². The highest BCUT2D eigenvalue weighted by Gasteiger charge is 2.30. The summed E-state index contributed by atoms with van der Waals surface area (Å²) in [4.78, 5) is 24.1. The Morgan fingerprint density at radius 1 is 1.07 bits per heavy atom. The summed E-state index contributed by atoms with van der Waals surface area (Å²) in [6.45, 7) is 3.95. The Morgan fingerprint density at radius 2 is 1.74 bits per heavy atom. The maximum absolute atomic E-state index is 12.6. The summed E-state index contributed by atoms with van der Waals surface area (Å²) in [5, 5.41) is 5.47. The zero-order valence-corrected chi connectivity index (χ0v) is 15.1. The number of rotatable bonds is 6. The second kappa shape index (κ2) is 8.70. The molecule has 2 amide bonds. The lowest BCUT2D eigenvalue weighted by Gasteiger charge is -2.12. The zero-order chi connectivity index (χ0) is 20.0. The Bertz CT molecular complexity index is 802. The number of halogens is 3. The molecule has 0 aliphatic heterocycles. The van der Waals surface area contributed by atoms with Crippen LogP contribution in [-0.2, 0) is 17.5 Å². The van der Waals surface area contributed by atoms with Gasteiger partial charge >= 0.3 is 6.18 Å².